The quantitative estimate of drug-likeness (QED) is 0.329. The van der Waals surface area contributed by atoms with E-state index in [0.717, 1.165) is 10.5 Å². The van der Waals surface area contributed by atoms with Crippen LogP contribution < -0.4 is 20.1 Å². The smallest absolute Gasteiger partial charge is 0.329 e. The number of rotatable bonds is 9. The van der Waals surface area contributed by atoms with Gasteiger partial charge in [-0.25, -0.2) is 18.5 Å². The number of hydrogen-bond donors (Lipinski definition) is 2. The van der Waals surface area contributed by atoms with Gasteiger partial charge in [0.05, 0.1) is 12.3 Å². The average molecular weight is 507 g/mol. The topological polar surface area (TPSA) is 97.0 Å². The molecule has 1 aliphatic heterocycles. The van der Waals surface area contributed by atoms with Crippen molar-refractivity contribution in [2.45, 2.75) is 13.5 Å². The summed E-state index contributed by atoms with van der Waals surface area (Å²) >= 11 is 0. The van der Waals surface area contributed by atoms with Gasteiger partial charge >= 0.3 is 6.03 Å². The summed E-state index contributed by atoms with van der Waals surface area (Å²) in [5.41, 5.74) is 1.22. The second kappa shape index (κ2) is 11.3. The normalized spacial score (nSPS) is 14.0. The molecule has 2 N–H and O–H groups in total. The number of para-hydroxylation sites is 1. The number of amides is 4. The van der Waals surface area contributed by atoms with Gasteiger partial charge in [0.25, 0.3) is 5.91 Å². The predicted molar refractivity (Wildman–Crippen MR) is 132 cm³/mol. The second-order valence-corrected chi connectivity index (χ2v) is 7.96. The minimum atomic E-state index is -0.774. The van der Waals surface area contributed by atoms with Crippen molar-refractivity contribution >= 4 is 29.6 Å². The molecule has 190 valence electrons. The number of nitrogens with zero attached hydrogens (tertiary/aromatic N) is 1. The molecule has 1 fully saturated rings. The molecule has 3 aromatic carbocycles. The van der Waals surface area contributed by atoms with E-state index in [-0.39, 0.29) is 23.8 Å². The van der Waals surface area contributed by atoms with Gasteiger partial charge in [-0.1, -0.05) is 30.3 Å². The van der Waals surface area contributed by atoms with Gasteiger partial charge < -0.3 is 20.1 Å². The zero-order valence-corrected chi connectivity index (χ0v) is 19.8. The number of benzene rings is 3. The van der Waals surface area contributed by atoms with Crippen LogP contribution in [0, 0.1) is 11.6 Å². The molecule has 0 saturated carbocycles. The summed E-state index contributed by atoms with van der Waals surface area (Å²) in [5, 5.41) is 4.78. The number of halogens is 2. The molecule has 0 spiro atoms. The Balaban J connectivity index is 1.45. The minimum absolute atomic E-state index is 0.0360. The molecular weight excluding hydrogens is 484 g/mol. The molecule has 1 heterocycles. The van der Waals surface area contributed by atoms with E-state index in [4.69, 9.17) is 9.47 Å². The highest BCUT2D eigenvalue weighted by molar-refractivity contribution is 6.16. The molecule has 0 atom stereocenters. The third-order valence-electron chi connectivity index (χ3n) is 5.30. The summed E-state index contributed by atoms with van der Waals surface area (Å²) in [6.45, 7) is 1.77. The molecule has 4 amide bonds. The maximum Gasteiger partial charge on any atom is 0.329 e. The highest BCUT2D eigenvalue weighted by atomic mass is 19.1. The monoisotopic (exact) mass is 507 g/mol. The summed E-state index contributed by atoms with van der Waals surface area (Å²) < 4.78 is 38.4. The zero-order chi connectivity index (χ0) is 26.4. The Hall–Kier alpha value is -4.73. The van der Waals surface area contributed by atoms with Crippen LogP contribution >= 0.6 is 0 Å². The Morgan fingerprint density at radius 3 is 2.49 bits per heavy atom. The third kappa shape index (κ3) is 6.29. The van der Waals surface area contributed by atoms with Crippen LogP contribution in [0.25, 0.3) is 6.08 Å². The van der Waals surface area contributed by atoms with Crippen molar-refractivity contribution in [2.24, 2.45) is 0 Å². The largest absolute Gasteiger partial charge is 0.490 e. The van der Waals surface area contributed by atoms with Gasteiger partial charge in [-0.3, -0.25) is 9.59 Å². The highest BCUT2D eigenvalue weighted by Gasteiger charge is 2.35. The fourth-order valence-electron chi connectivity index (χ4n) is 3.52. The molecule has 0 aliphatic carbocycles. The van der Waals surface area contributed by atoms with E-state index in [1.54, 1.807) is 43.3 Å². The minimum Gasteiger partial charge on any atom is -0.490 e. The summed E-state index contributed by atoms with van der Waals surface area (Å²) in [4.78, 5) is 38.1. The number of ether oxygens (including phenoxy) is 2. The number of nitrogens with one attached hydrogen (secondary N) is 2. The summed E-state index contributed by atoms with van der Waals surface area (Å²) in [5.74, 6) is -1.55. The van der Waals surface area contributed by atoms with Crippen molar-refractivity contribution < 1.29 is 32.6 Å². The van der Waals surface area contributed by atoms with Crippen LogP contribution in [0.15, 0.2) is 72.4 Å². The Labute approximate surface area is 211 Å². The molecule has 0 bridgehead atoms. The number of carbonyl (C=O) groups is 3. The Bertz CT molecular complexity index is 1360. The fraction of sp³-hybridized carbons (Fsp3) is 0.148. The SMILES string of the molecule is CCOc1cc(/C=C2/NC(=O)N(CC(=O)Nc3ccccc3F)C2=O)ccc1OCc1ccc(F)cc1. The first kappa shape index (κ1) is 25.4. The van der Waals surface area contributed by atoms with Crippen molar-refractivity contribution in [1.29, 1.82) is 0 Å². The lowest BCUT2D eigenvalue weighted by atomic mass is 10.1. The van der Waals surface area contributed by atoms with Crippen LogP contribution in [0.5, 0.6) is 11.5 Å². The van der Waals surface area contributed by atoms with E-state index in [2.05, 4.69) is 10.6 Å². The number of carbonyl (C=O) groups excluding carboxylic acids is 3. The predicted octanol–water partition coefficient (Wildman–Crippen LogP) is 4.47. The van der Waals surface area contributed by atoms with Crippen molar-refractivity contribution in [1.82, 2.24) is 10.2 Å². The zero-order valence-electron chi connectivity index (χ0n) is 19.8. The van der Waals surface area contributed by atoms with Crippen LogP contribution in [0.3, 0.4) is 0 Å². The maximum absolute atomic E-state index is 13.8. The van der Waals surface area contributed by atoms with Gasteiger partial charge in [0, 0.05) is 0 Å². The molecule has 4 rings (SSSR count). The first-order chi connectivity index (χ1) is 17.8. The molecule has 10 heteroatoms. The Kier molecular flexibility index (Phi) is 7.77. The number of urea groups is 1. The van der Waals surface area contributed by atoms with Crippen molar-refractivity contribution in [3.63, 3.8) is 0 Å². The van der Waals surface area contributed by atoms with E-state index in [9.17, 15) is 23.2 Å². The molecular formula is C27H23F2N3O5. The van der Waals surface area contributed by atoms with Crippen LogP contribution in [0.2, 0.25) is 0 Å². The molecule has 0 radical (unpaired) electrons. The van der Waals surface area contributed by atoms with Crippen molar-refractivity contribution in [3.8, 4) is 11.5 Å². The average Bonchev–Trinajstić information content (AvgIpc) is 3.13. The van der Waals surface area contributed by atoms with Crippen molar-refractivity contribution in [3.05, 3.63) is 95.2 Å². The van der Waals surface area contributed by atoms with E-state index < -0.39 is 30.2 Å². The maximum atomic E-state index is 13.8. The molecule has 0 unspecified atom stereocenters. The van der Waals surface area contributed by atoms with Gasteiger partial charge in [0.2, 0.25) is 5.91 Å². The Morgan fingerprint density at radius 2 is 1.76 bits per heavy atom. The molecule has 3 aromatic rings. The van der Waals surface area contributed by atoms with E-state index >= 15 is 0 Å². The number of hydrogen-bond acceptors (Lipinski definition) is 5. The summed E-state index contributed by atoms with van der Waals surface area (Å²) in [7, 11) is 0. The lowest BCUT2D eigenvalue weighted by Gasteiger charge is -2.13. The van der Waals surface area contributed by atoms with Gasteiger partial charge in [-0.05, 0) is 60.5 Å². The van der Waals surface area contributed by atoms with Crippen LogP contribution in [0.1, 0.15) is 18.1 Å². The van der Waals surface area contributed by atoms with Crippen LogP contribution in [-0.4, -0.2) is 35.9 Å². The highest BCUT2D eigenvalue weighted by Crippen LogP contribution is 2.30. The van der Waals surface area contributed by atoms with Crippen LogP contribution in [-0.2, 0) is 16.2 Å². The van der Waals surface area contributed by atoms with E-state index in [0.29, 0.717) is 23.7 Å². The first-order valence-electron chi connectivity index (χ1n) is 11.4. The summed E-state index contributed by atoms with van der Waals surface area (Å²) in [6.07, 6.45) is 1.45. The molecule has 8 nitrogen and oxygen atoms in total. The van der Waals surface area contributed by atoms with Gasteiger partial charge in [0.15, 0.2) is 11.5 Å². The van der Waals surface area contributed by atoms with Crippen LogP contribution in [0.4, 0.5) is 19.3 Å². The molecule has 0 aromatic heterocycles. The molecule has 1 aliphatic rings. The van der Waals surface area contributed by atoms with Crippen molar-refractivity contribution in [2.75, 3.05) is 18.5 Å². The number of anilines is 1. The van der Waals surface area contributed by atoms with Gasteiger partial charge in [0.1, 0.15) is 30.5 Å². The van der Waals surface area contributed by atoms with Gasteiger partial charge in [-0.15, -0.1) is 0 Å². The molecule has 1 saturated heterocycles. The lowest BCUT2D eigenvalue weighted by Crippen LogP contribution is -2.38. The summed E-state index contributed by atoms with van der Waals surface area (Å²) in [6, 6.07) is 15.7. The standard InChI is InChI=1S/C27H23F2N3O5/c1-2-36-24-14-18(9-12-23(24)37-16-17-7-10-19(28)11-8-17)13-22-26(34)32(27(35)31-22)15-25(33)30-21-6-4-3-5-20(21)29/h3-14H,2,15-16H2,1H3,(H,30,33)(H,31,35)/b22-13+. The Morgan fingerprint density at radius 1 is 1.00 bits per heavy atom. The molecule has 37 heavy (non-hydrogen) atoms. The lowest BCUT2D eigenvalue weighted by molar-refractivity contribution is -0.127. The number of imide groups is 1. The van der Waals surface area contributed by atoms with E-state index in [1.165, 1.54) is 36.4 Å². The van der Waals surface area contributed by atoms with E-state index in [1.807, 2.05) is 0 Å². The second-order valence-electron chi connectivity index (χ2n) is 7.96. The van der Waals surface area contributed by atoms with Gasteiger partial charge in [-0.2, -0.15) is 0 Å². The fourth-order valence-corrected chi connectivity index (χ4v) is 3.52. The first-order valence-corrected chi connectivity index (χ1v) is 11.4. The third-order valence-corrected chi connectivity index (χ3v) is 5.30.